The third kappa shape index (κ3) is 6.03. The number of nitrogens with one attached hydrogen (secondary N) is 2. The zero-order valence-electron chi connectivity index (χ0n) is 20.0. The van der Waals surface area contributed by atoms with E-state index in [1.165, 1.54) is 0 Å². The fraction of sp³-hybridized carbons (Fsp3) is 0.207. The SMILES string of the molecule is CCC(C)NC(=O)c1ccccc1NC(=O)CCc1nc(-c2ccccc2)c(-c2ccccc2)o1. The van der Waals surface area contributed by atoms with E-state index in [2.05, 4.69) is 10.6 Å². The van der Waals surface area contributed by atoms with Crippen LogP contribution >= 0.6 is 0 Å². The molecule has 3 aromatic carbocycles. The second kappa shape index (κ2) is 11.3. The maximum atomic E-state index is 12.8. The maximum Gasteiger partial charge on any atom is 0.253 e. The number of anilines is 1. The largest absolute Gasteiger partial charge is 0.440 e. The number of aryl methyl sites for hydroxylation is 1. The molecule has 178 valence electrons. The standard InChI is InChI=1S/C29H29N3O3/c1-3-20(2)30-29(34)23-16-10-11-17-24(23)31-25(33)18-19-26-32-27(21-12-6-4-7-13-21)28(35-26)22-14-8-5-9-15-22/h4-17,20H,3,18-19H2,1-2H3,(H,30,34)(H,31,33). The summed E-state index contributed by atoms with van der Waals surface area (Å²) in [6, 6.07) is 26.7. The molecule has 1 heterocycles. The number of para-hydroxylation sites is 1. The predicted molar refractivity (Wildman–Crippen MR) is 138 cm³/mol. The van der Waals surface area contributed by atoms with Crippen molar-refractivity contribution in [1.29, 1.82) is 0 Å². The molecule has 35 heavy (non-hydrogen) atoms. The van der Waals surface area contributed by atoms with Crippen molar-refractivity contribution in [2.75, 3.05) is 5.32 Å². The lowest BCUT2D eigenvalue weighted by molar-refractivity contribution is -0.116. The Morgan fingerprint density at radius 2 is 1.51 bits per heavy atom. The summed E-state index contributed by atoms with van der Waals surface area (Å²) in [5.74, 6) is 0.748. The van der Waals surface area contributed by atoms with Crippen molar-refractivity contribution in [3.63, 3.8) is 0 Å². The van der Waals surface area contributed by atoms with Gasteiger partial charge in [-0.15, -0.1) is 0 Å². The quantitative estimate of drug-likeness (QED) is 0.311. The Bertz CT molecular complexity index is 1230. The monoisotopic (exact) mass is 467 g/mol. The number of nitrogens with zero attached hydrogens (tertiary/aromatic N) is 1. The van der Waals surface area contributed by atoms with Gasteiger partial charge in [-0.3, -0.25) is 9.59 Å². The number of hydrogen-bond donors (Lipinski definition) is 2. The highest BCUT2D eigenvalue weighted by Gasteiger charge is 2.18. The van der Waals surface area contributed by atoms with E-state index in [0.29, 0.717) is 29.3 Å². The molecule has 2 amide bonds. The van der Waals surface area contributed by atoms with Gasteiger partial charge in [0.25, 0.3) is 5.91 Å². The van der Waals surface area contributed by atoms with E-state index >= 15 is 0 Å². The van der Waals surface area contributed by atoms with Crippen molar-refractivity contribution >= 4 is 17.5 Å². The zero-order valence-corrected chi connectivity index (χ0v) is 20.0. The molecule has 0 aliphatic rings. The average Bonchev–Trinajstić information content (AvgIpc) is 3.33. The lowest BCUT2D eigenvalue weighted by atomic mass is 10.1. The normalized spacial score (nSPS) is 11.6. The summed E-state index contributed by atoms with van der Waals surface area (Å²) in [7, 11) is 0. The van der Waals surface area contributed by atoms with Gasteiger partial charge in [-0.1, -0.05) is 79.7 Å². The van der Waals surface area contributed by atoms with Crippen LogP contribution in [-0.2, 0) is 11.2 Å². The molecule has 1 atom stereocenters. The maximum absolute atomic E-state index is 12.8. The first-order valence-electron chi connectivity index (χ1n) is 11.9. The van der Waals surface area contributed by atoms with E-state index in [0.717, 1.165) is 23.2 Å². The van der Waals surface area contributed by atoms with Crippen LogP contribution in [-0.4, -0.2) is 22.8 Å². The van der Waals surface area contributed by atoms with E-state index in [1.807, 2.05) is 74.5 Å². The Morgan fingerprint density at radius 3 is 2.20 bits per heavy atom. The molecule has 6 heteroatoms. The molecular formula is C29H29N3O3. The lowest BCUT2D eigenvalue weighted by Crippen LogP contribution is -2.32. The van der Waals surface area contributed by atoms with Crippen molar-refractivity contribution in [2.24, 2.45) is 0 Å². The molecule has 1 unspecified atom stereocenters. The summed E-state index contributed by atoms with van der Waals surface area (Å²) >= 11 is 0. The highest BCUT2D eigenvalue weighted by Crippen LogP contribution is 2.32. The third-order valence-electron chi connectivity index (χ3n) is 5.76. The molecule has 0 spiro atoms. The molecule has 0 aliphatic carbocycles. The minimum absolute atomic E-state index is 0.0499. The molecule has 0 saturated heterocycles. The summed E-state index contributed by atoms with van der Waals surface area (Å²) in [4.78, 5) is 30.1. The Morgan fingerprint density at radius 1 is 0.886 bits per heavy atom. The Balaban J connectivity index is 1.49. The van der Waals surface area contributed by atoms with Gasteiger partial charge in [-0.05, 0) is 25.5 Å². The molecule has 0 saturated carbocycles. The van der Waals surface area contributed by atoms with E-state index in [4.69, 9.17) is 9.40 Å². The number of aromatic nitrogens is 1. The van der Waals surface area contributed by atoms with Crippen molar-refractivity contribution < 1.29 is 14.0 Å². The van der Waals surface area contributed by atoms with E-state index < -0.39 is 0 Å². The van der Waals surface area contributed by atoms with Gasteiger partial charge in [0.2, 0.25) is 5.91 Å². The average molecular weight is 468 g/mol. The second-order valence-electron chi connectivity index (χ2n) is 8.39. The van der Waals surface area contributed by atoms with Crippen LogP contribution < -0.4 is 10.6 Å². The fourth-order valence-electron chi connectivity index (χ4n) is 3.68. The fourth-order valence-corrected chi connectivity index (χ4v) is 3.68. The number of rotatable bonds is 9. The van der Waals surface area contributed by atoms with E-state index in [1.54, 1.807) is 24.3 Å². The molecule has 0 aliphatic heterocycles. The second-order valence-corrected chi connectivity index (χ2v) is 8.39. The van der Waals surface area contributed by atoms with Gasteiger partial charge in [0, 0.05) is 30.0 Å². The van der Waals surface area contributed by atoms with Crippen LogP contribution in [0.5, 0.6) is 0 Å². The summed E-state index contributed by atoms with van der Waals surface area (Å²) in [5, 5.41) is 5.81. The van der Waals surface area contributed by atoms with Gasteiger partial charge in [0.15, 0.2) is 11.7 Å². The minimum Gasteiger partial charge on any atom is -0.440 e. The molecule has 6 nitrogen and oxygen atoms in total. The molecule has 0 radical (unpaired) electrons. The highest BCUT2D eigenvalue weighted by atomic mass is 16.4. The molecule has 1 aromatic heterocycles. The Hall–Kier alpha value is -4.19. The van der Waals surface area contributed by atoms with Crippen LogP contribution in [0.15, 0.2) is 89.3 Å². The van der Waals surface area contributed by atoms with Gasteiger partial charge in [-0.25, -0.2) is 4.98 Å². The molecular weight excluding hydrogens is 438 g/mol. The molecule has 2 N–H and O–H groups in total. The minimum atomic E-state index is -0.213. The van der Waals surface area contributed by atoms with Crippen LogP contribution in [0.3, 0.4) is 0 Å². The lowest BCUT2D eigenvalue weighted by Gasteiger charge is -2.14. The Labute approximate surface area is 205 Å². The van der Waals surface area contributed by atoms with Gasteiger partial charge >= 0.3 is 0 Å². The van der Waals surface area contributed by atoms with Gasteiger partial charge in [0.1, 0.15) is 5.69 Å². The summed E-state index contributed by atoms with van der Waals surface area (Å²) in [6.45, 7) is 3.95. The highest BCUT2D eigenvalue weighted by molar-refractivity contribution is 6.03. The first-order valence-corrected chi connectivity index (χ1v) is 11.9. The van der Waals surface area contributed by atoms with Gasteiger partial charge in [-0.2, -0.15) is 0 Å². The van der Waals surface area contributed by atoms with Crippen molar-refractivity contribution in [1.82, 2.24) is 10.3 Å². The van der Waals surface area contributed by atoms with Crippen LogP contribution in [0.25, 0.3) is 22.6 Å². The number of amides is 2. The van der Waals surface area contributed by atoms with E-state index in [-0.39, 0.29) is 24.3 Å². The summed E-state index contributed by atoms with van der Waals surface area (Å²) in [5.41, 5.74) is 3.55. The van der Waals surface area contributed by atoms with Gasteiger partial charge < -0.3 is 15.1 Å². The summed E-state index contributed by atoms with van der Waals surface area (Å²) < 4.78 is 6.12. The molecule has 4 rings (SSSR count). The predicted octanol–water partition coefficient (Wildman–Crippen LogP) is 6.11. The van der Waals surface area contributed by atoms with Crippen LogP contribution in [0.4, 0.5) is 5.69 Å². The third-order valence-corrected chi connectivity index (χ3v) is 5.76. The van der Waals surface area contributed by atoms with Crippen molar-refractivity contribution in [2.45, 2.75) is 39.2 Å². The zero-order chi connectivity index (χ0) is 24.6. The number of benzene rings is 3. The van der Waals surface area contributed by atoms with Crippen LogP contribution in [0, 0.1) is 0 Å². The van der Waals surface area contributed by atoms with Gasteiger partial charge in [0.05, 0.1) is 11.3 Å². The Kier molecular flexibility index (Phi) is 7.73. The van der Waals surface area contributed by atoms with Crippen molar-refractivity contribution in [3.8, 4) is 22.6 Å². The molecule has 0 fully saturated rings. The smallest absolute Gasteiger partial charge is 0.253 e. The molecule has 0 bridgehead atoms. The first-order chi connectivity index (χ1) is 17.0. The summed E-state index contributed by atoms with van der Waals surface area (Å²) in [6.07, 6.45) is 1.33. The van der Waals surface area contributed by atoms with E-state index in [9.17, 15) is 9.59 Å². The topological polar surface area (TPSA) is 84.2 Å². The number of carbonyl (C=O) groups excluding carboxylic acids is 2. The first kappa shape index (κ1) is 24.0. The van der Waals surface area contributed by atoms with Crippen LogP contribution in [0.1, 0.15) is 42.9 Å². The van der Waals surface area contributed by atoms with Crippen LogP contribution in [0.2, 0.25) is 0 Å². The molecule has 4 aromatic rings. The number of oxazole rings is 1. The number of hydrogen-bond acceptors (Lipinski definition) is 4. The number of carbonyl (C=O) groups is 2. The van der Waals surface area contributed by atoms with Crippen molar-refractivity contribution in [3.05, 3.63) is 96.4 Å².